The number of aromatic nitrogens is 9. The van der Waals surface area contributed by atoms with Crippen molar-refractivity contribution in [3.05, 3.63) is 407 Å². The summed E-state index contributed by atoms with van der Waals surface area (Å²) < 4.78 is 6.86. The van der Waals surface area contributed by atoms with E-state index in [9.17, 15) is 0 Å². The molecule has 0 aliphatic rings. The minimum absolute atomic E-state index is 0.678. The Balaban J connectivity index is 0.000000110. The molecule has 0 radical (unpaired) electrons. The number of fused-ring (bicyclic) bond motifs is 13. The Morgan fingerprint density at radius 3 is 1.05 bits per heavy atom. The SMILES string of the molecule is c1ccc(-c2ccc(-c3nc(-c4ccc(-n5c6ccccc6c6ccccc65)cc4)nc4ccccc34)cc2)cc1.c1ccc(-c2ccc(-c3nc(-n4c5ccccc5c5c6ccccc6ccc54)nc4ccccc34)cc2)cc1.c1ccc(-c2ccnc(-c3ccc(-n4c5ccccc5c5ccccc54)cc3)n2)cc1. The molecule has 9 heteroatoms. The fraction of sp³-hybridized carbons (Fsp3) is 0. The van der Waals surface area contributed by atoms with Crippen molar-refractivity contribution in [3.8, 4) is 96.1 Å². The standard InChI is InChI=1S/C38H25N3.C36H23N3.C28H19N3/c1-2-10-26(11-3-1)27-18-20-28(21-19-27)37-33-14-4-7-15-34(33)39-38(40-37)29-22-24-30(25-23-29)41-35-16-8-5-12-31(35)32-13-6-9-17-36(32)41;1-2-10-24(11-3-1)25-18-20-27(21-19-25)35-29-14-6-8-16-31(29)37-36(38-35)39-32-17-9-7-15-30(32)34-28-13-5-4-12-26(28)22-23-33(34)39;1-2-8-20(9-3-1)25-18-19-29-28(30-25)21-14-16-22(17-15-21)31-26-12-6-4-10-23(26)24-11-5-7-13-27(24)31/h1-25H;1-23H;1-19H. The number of benzene rings is 16. The highest BCUT2D eigenvalue weighted by molar-refractivity contribution is 6.21. The Labute approximate surface area is 640 Å². The van der Waals surface area contributed by atoms with Gasteiger partial charge in [0.1, 0.15) is 0 Å². The van der Waals surface area contributed by atoms with Crippen molar-refractivity contribution in [2.45, 2.75) is 0 Å². The van der Waals surface area contributed by atoms with Crippen LogP contribution in [0.25, 0.3) is 194 Å². The molecule has 0 aliphatic heterocycles. The molecule has 9 nitrogen and oxygen atoms in total. The maximum Gasteiger partial charge on any atom is 0.235 e. The molecule has 0 amide bonds. The number of rotatable bonds is 10. The van der Waals surface area contributed by atoms with Gasteiger partial charge in [-0.1, -0.05) is 297 Å². The third-order valence-electron chi connectivity index (χ3n) is 21.1. The van der Waals surface area contributed by atoms with Gasteiger partial charge in [-0.3, -0.25) is 4.57 Å². The summed E-state index contributed by atoms with van der Waals surface area (Å²) in [5.74, 6) is 2.13. The van der Waals surface area contributed by atoms with Gasteiger partial charge >= 0.3 is 0 Å². The normalized spacial score (nSPS) is 11.4. The van der Waals surface area contributed by atoms with Crippen molar-refractivity contribution in [2.75, 3.05) is 0 Å². The maximum atomic E-state index is 5.25. The number of hydrogen-bond acceptors (Lipinski definition) is 6. The van der Waals surface area contributed by atoms with Crippen LogP contribution in [0.15, 0.2) is 407 Å². The maximum absolute atomic E-state index is 5.25. The predicted molar refractivity (Wildman–Crippen MR) is 460 cm³/mol. The molecule has 0 atom stereocenters. The molecule has 520 valence electrons. The molecule has 0 saturated heterocycles. The van der Waals surface area contributed by atoms with Gasteiger partial charge in [0.05, 0.1) is 61.2 Å². The summed E-state index contributed by atoms with van der Waals surface area (Å²) in [7, 11) is 0. The first kappa shape index (κ1) is 65.5. The summed E-state index contributed by atoms with van der Waals surface area (Å²) in [4.78, 5) is 29.7. The first-order chi connectivity index (χ1) is 55.1. The lowest BCUT2D eigenvalue weighted by Crippen LogP contribution is -2.03. The fourth-order valence-corrected chi connectivity index (χ4v) is 15.9. The summed E-state index contributed by atoms with van der Waals surface area (Å²) in [6.45, 7) is 0. The van der Waals surface area contributed by atoms with Crippen LogP contribution in [0, 0.1) is 0 Å². The molecule has 0 bridgehead atoms. The van der Waals surface area contributed by atoms with Crippen LogP contribution in [-0.2, 0) is 0 Å². The van der Waals surface area contributed by atoms with Crippen molar-refractivity contribution < 1.29 is 0 Å². The average molecular weight is 1420 g/mol. The largest absolute Gasteiger partial charge is 0.309 e. The van der Waals surface area contributed by atoms with Gasteiger partial charge < -0.3 is 9.13 Å². The minimum atomic E-state index is 0.678. The summed E-state index contributed by atoms with van der Waals surface area (Å²) in [6, 6.07) is 140. The molecule has 22 aromatic rings. The number of hydrogen-bond donors (Lipinski definition) is 0. The third kappa shape index (κ3) is 12.1. The summed E-state index contributed by atoms with van der Waals surface area (Å²) >= 11 is 0. The molecule has 16 aromatic carbocycles. The van der Waals surface area contributed by atoms with Crippen LogP contribution in [0.5, 0.6) is 0 Å². The van der Waals surface area contributed by atoms with Gasteiger partial charge in [-0.15, -0.1) is 0 Å². The van der Waals surface area contributed by atoms with E-state index < -0.39 is 0 Å². The Morgan fingerprint density at radius 2 is 0.550 bits per heavy atom. The van der Waals surface area contributed by atoms with E-state index in [1.54, 1.807) is 0 Å². The minimum Gasteiger partial charge on any atom is -0.309 e. The van der Waals surface area contributed by atoms with Gasteiger partial charge in [0.25, 0.3) is 0 Å². The molecule has 0 aliphatic carbocycles. The van der Waals surface area contributed by atoms with Gasteiger partial charge in [-0.05, 0) is 136 Å². The lowest BCUT2D eigenvalue weighted by atomic mass is 10.0. The highest BCUT2D eigenvalue weighted by Crippen LogP contribution is 2.40. The lowest BCUT2D eigenvalue weighted by molar-refractivity contribution is 1.01. The van der Waals surface area contributed by atoms with Crippen LogP contribution < -0.4 is 0 Å². The van der Waals surface area contributed by atoms with Crippen molar-refractivity contribution in [1.82, 2.24) is 43.6 Å². The molecule has 0 N–H and O–H groups in total. The van der Waals surface area contributed by atoms with Gasteiger partial charge in [0.2, 0.25) is 5.95 Å². The second-order valence-electron chi connectivity index (χ2n) is 27.7. The van der Waals surface area contributed by atoms with Gasteiger partial charge in [-0.25, -0.2) is 29.9 Å². The summed E-state index contributed by atoms with van der Waals surface area (Å²) in [5.41, 5.74) is 23.9. The second-order valence-corrected chi connectivity index (χ2v) is 27.7. The first-order valence-corrected chi connectivity index (χ1v) is 37.4. The van der Waals surface area contributed by atoms with Gasteiger partial charge in [-0.2, -0.15) is 0 Å². The van der Waals surface area contributed by atoms with E-state index in [0.717, 1.165) is 101 Å². The molecule has 6 aromatic heterocycles. The zero-order chi connectivity index (χ0) is 73.6. The van der Waals surface area contributed by atoms with Crippen LogP contribution in [-0.4, -0.2) is 43.6 Å². The smallest absolute Gasteiger partial charge is 0.235 e. The molecule has 111 heavy (non-hydrogen) atoms. The quantitative estimate of drug-likeness (QED) is 0.135. The average Bonchev–Trinajstić information content (AvgIpc) is 1.58. The fourth-order valence-electron chi connectivity index (χ4n) is 15.9. The highest BCUT2D eigenvalue weighted by Gasteiger charge is 2.21. The number of nitrogens with zero attached hydrogens (tertiary/aromatic N) is 9. The van der Waals surface area contributed by atoms with E-state index in [-0.39, 0.29) is 0 Å². The van der Waals surface area contributed by atoms with E-state index >= 15 is 0 Å². The molecular weight excluding hydrogens is 1350 g/mol. The number of para-hydroxylation sites is 7. The van der Waals surface area contributed by atoms with Crippen LogP contribution in [0.1, 0.15) is 0 Å². The Bertz CT molecular complexity index is 7110. The Kier molecular flexibility index (Phi) is 16.7. The predicted octanol–water partition coefficient (Wildman–Crippen LogP) is 25.8. The van der Waals surface area contributed by atoms with E-state index in [1.807, 2.05) is 60.8 Å². The molecule has 0 unspecified atom stereocenters. The van der Waals surface area contributed by atoms with Crippen molar-refractivity contribution in [2.24, 2.45) is 0 Å². The second kappa shape index (κ2) is 28.3. The van der Waals surface area contributed by atoms with E-state index in [4.69, 9.17) is 24.9 Å². The summed E-state index contributed by atoms with van der Waals surface area (Å²) in [6.07, 6.45) is 1.82. The van der Waals surface area contributed by atoms with Crippen LogP contribution in [0.3, 0.4) is 0 Å². The van der Waals surface area contributed by atoms with E-state index in [1.165, 1.54) is 87.4 Å². The lowest BCUT2D eigenvalue weighted by Gasteiger charge is -2.12. The molecule has 0 saturated carbocycles. The molecule has 6 heterocycles. The van der Waals surface area contributed by atoms with Gasteiger partial charge in [0.15, 0.2) is 11.6 Å². The van der Waals surface area contributed by atoms with Crippen LogP contribution in [0.4, 0.5) is 0 Å². The highest BCUT2D eigenvalue weighted by atomic mass is 15.2. The zero-order valence-electron chi connectivity index (χ0n) is 60.2. The van der Waals surface area contributed by atoms with Gasteiger partial charge in [0, 0.05) is 88.5 Å². The Hall–Kier alpha value is -15.1. The van der Waals surface area contributed by atoms with E-state index in [2.05, 4.69) is 364 Å². The van der Waals surface area contributed by atoms with Crippen molar-refractivity contribution in [1.29, 1.82) is 0 Å². The molecule has 22 rings (SSSR count). The first-order valence-electron chi connectivity index (χ1n) is 37.4. The molecular formula is C102H67N9. The summed E-state index contributed by atoms with van der Waals surface area (Å²) in [5, 5.41) is 12.0. The molecule has 0 spiro atoms. The monoisotopic (exact) mass is 1420 g/mol. The topological polar surface area (TPSA) is 92.1 Å². The molecule has 0 fully saturated rings. The van der Waals surface area contributed by atoms with E-state index in [0.29, 0.717) is 5.95 Å². The zero-order valence-corrected chi connectivity index (χ0v) is 60.2. The van der Waals surface area contributed by atoms with Crippen molar-refractivity contribution >= 4 is 98.0 Å². The van der Waals surface area contributed by atoms with Crippen molar-refractivity contribution in [3.63, 3.8) is 0 Å². The van der Waals surface area contributed by atoms with Crippen LogP contribution in [0.2, 0.25) is 0 Å². The third-order valence-corrected chi connectivity index (χ3v) is 21.1. The van der Waals surface area contributed by atoms with Crippen LogP contribution >= 0.6 is 0 Å². The Morgan fingerprint density at radius 1 is 0.189 bits per heavy atom.